The van der Waals surface area contributed by atoms with Crippen molar-refractivity contribution in [1.82, 2.24) is 10.3 Å². The van der Waals surface area contributed by atoms with Crippen molar-refractivity contribution in [2.24, 2.45) is 0 Å². The van der Waals surface area contributed by atoms with Crippen molar-refractivity contribution in [3.63, 3.8) is 0 Å². The molecule has 2 aromatic rings. The van der Waals surface area contributed by atoms with Crippen LogP contribution in [0.1, 0.15) is 46.3 Å². The molecule has 1 atom stereocenters. The number of carbonyl (C=O) groups excluding carboxylic acids is 1. The van der Waals surface area contributed by atoms with E-state index in [0.29, 0.717) is 0 Å². The minimum absolute atomic E-state index is 0.0111. The zero-order valence-corrected chi connectivity index (χ0v) is 13.9. The number of thiazole rings is 1. The SMILES string of the molecule is COc1cccc2c1C[C@@H](NC(=O)c1scnc1C(C)C)C2. The first-order valence-electron chi connectivity index (χ1n) is 7.49. The molecule has 3 rings (SSSR count). The van der Waals surface area contributed by atoms with Gasteiger partial charge >= 0.3 is 0 Å². The van der Waals surface area contributed by atoms with Crippen LogP contribution in [0.15, 0.2) is 23.7 Å². The third kappa shape index (κ3) is 2.73. The zero-order valence-electron chi connectivity index (χ0n) is 13.1. The summed E-state index contributed by atoms with van der Waals surface area (Å²) in [7, 11) is 1.69. The minimum Gasteiger partial charge on any atom is -0.496 e. The lowest BCUT2D eigenvalue weighted by atomic mass is 10.1. The van der Waals surface area contributed by atoms with Crippen LogP contribution in [0.25, 0.3) is 0 Å². The number of amides is 1. The van der Waals surface area contributed by atoms with Crippen molar-refractivity contribution in [2.75, 3.05) is 7.11 Å². The van der Waals surface area contributed by atoms with Crippen molar-refractivity contribution >= 4 is 17.2 Å². The second-order valence-corrected chi connectivity index (χ2v) is 6.75. The highest BCUT2D eigenvalue weighted by Gasteiger charge is 2.27. The van der Waals surface area contributed by atoms with Gasteiger partial charge in [0, 0.05) is 6.04 Å². The van der Waals surface area contributed by atoms with Gasteiger partial charge in [0.1, 0.15) is 10.6 Å². The van der Waals surface area contributed by atoms with E-state index in [4.69, 9.17) is 4.74 Å². The number of rotatable bonds is 4. The smallest absolute Gasteiger partial charge is 0.263 e. The first kappa shape index (κ1) is 15.0. The van der Waals surface area contributed by atoms with E-state index in [1.807, 2.05) is 12.1 Å². The van der Waals surface area contributed by atoms with Gasteiger partial charge in [0.05, 0.1) is 18.3 Å². The molecule has 1 amide bonds. The summed E-state index contributed by atoms with van der Waals surface area (Å²) in [5.41, 5.74) is 5.11. The fraction of sp³-hybridized carbons (Fsp3) is 0.412. The average Bonchev–Trinajstić information content (AvgIpc) is 3.12. The van der Waals surface area contributed by atoms with Crippen LogP contribution in [0.2, 0.25) is 0 Å². The molecule has 1 N–H and O–H groups in total. The first-order valence-corrected chi connectivity index (χ1v) is 8.37. The van der Waals surface area contributed by atoms with Crippen molar-refractivity contribution < 1.29 is 9.53 Å². The molecule has 1 aliphatic rings. The van der Waals surface area contributed by atoms with Crippen LogP contribution in [0, 0.1) is 0 Å². The molecular formula is C17H20N2O2S. The molecule has 0 saturated carbocycles. The number of hydrogen-bond acceptors (Lipinski definition) is 4. The number of nitrogens with zero attached hydrogens (tertiary/aromatic N) is 1. The highest BCUT2D eigenvalue weighted by atomic mass is 32.1. The summed E-state index contributed by atoms with van der Waals surface area (Å²) in [6.45, 7) is 4.12. The summed E-state index contributed by atoms with van der Waals surface area (Å²) in [6, 6.07) is 6.21. The Labute approximate surface area is 134 Å². The molecule has 0 radical (unpaired) electrons. The summed E-state index contributed by atoms with van der Waals surface area (Å²) in [5.74, 6) is 1.16. The summed E-state index contributed by atoms with van der Waals surface area (Å²) >= 11 is 1.41. The summed E-state index contributed by atoms with van der Waals surface area (Å²) in [5, 5.41) is 3.15. The largest absolute Gasteiger partial charge is 0.496 e. The average molecular weight is 316 g/mol. The van der Waals surface area contributed by atoms with E-state index in [1.54, 1.807) is 12.6 Å². The molecule has 4 nitrogen and oxygen atoms in total. The Kier molecular flexibility index (Phi) is 4.16. The molecule has 0 saturated heterocycles. The summed E-state index contributed by atoms with van der Waals surface area (Å²) in [6.07, 6.45) is 1.68. The lowest BCUT2D eigenvalue weighted by Crippen LogP contribution is -2.35. The lowest BCUT2D eigenvalue weighted by molar-refractivity contribution is 0.0941. The van der Waals surface area contributed by atoms with E-state index in [-0.39, 0.29) is 17.9 Å². The monoisotopic (exact) mass is 316 g/mol. The Bertz CT molecular complexity index is 694. The maximum atomic E-state index is 12.5. The van der Waals surface area contributed by atoms with Crippen LogP contribution >= 0.6 is 11.3 Å². The molecule has 0 fully saturated rings. The zero-order chi connectivity index (χ0) is 15.7. The predicted octanol–water partition coefficient (Wildman–Crippen LogP) is 3.17. The maximum Gasteiger partial charge on any atom is 0.263 e. The van der Waals surface area contributed by atoms with Crippen LogP contribution < -0.4 is 10.1 Å². The molecule has 1 aliphatic carbocycles. The highest BCUT2D eigenvalue weighted by Crippen LogP contribution is 2.31. The van der Waals surface area contributed by atoms with E-state index < -0.39 is 0 Å². The topological polar surface area (TPSA) is 51.2 Å². The number of methoxy groups -OCH3 is 1. The van der Waals surface area contributed by atoms with Crippen molar-refractivity contribution in [2.45, 2.75) is 38.6 Å². The quantitative estimate of drug-likeness (QED) is 0.942. The maximum absolute atomic E-state index is 12.5. The molecular weight excluding hydrogens is 296 g/mol. The Morgan fingerprint density at radius 2 is 2.23 bits per heavy atom. The van der Waals surface area contributed by atoms with E-state index in [1.165, 1.54) is 22.5 Å². The van der Waals surface area contributed by atoms with Crippen molar-refractivity contribution in [1.29, 1.82) is 0 Å². The molecule has 5 heteroatoms. The van der Waals surface area contributed by atoms with Gasteiger partial charge in [0.15, 0.2) is 0 Å². The Balaban J connectivity index is 1.73. The van der Waals surface area contributed by atoms with Crippen LogP contribution in [0.4, 0.5) is 0 Å². The number of aromatic nitrogens is 1. The van der Waals surface area contributed by atoms with Gasteiger partial charge in [-0.15, -0.1) is 11.3 Å². The molecule has 0 bridgehead atoms. The highest BCUT2D eigenvalue weighted by molar-refractivity contribution is 7.11. The molecule has 0 spiro atoms. The number of ether oxygens (including phenoxy) is 1. The summed E-state index contributed by atoms with van der Waals surface area (Å²) < 4.78 is 5.41. The second-order valence-electron chi connectivity index (χ2n) is 5.90. The normalized spacial score (nSPS) is 16.6. The molecule has 0 unspecified atom stereocenters. The van der Waals surface area contributed by atoms with Crippen LogP contribution in [-0.4, -0.2) is 24.0 Å². The molecule has 0 aliphatic heterocycles. The van der Waals surface area contributed by atoms with E-state index in [2.05, 4.69) is 30.2 Å². The van der Waals surface area contributed by atoms with Gasteiger partial charge in [-0.1, -0.05) is 26.0 Å². The van der Waals surface area contributed by atoms with Crippen molar-refractivity contribution in [3.8, 4) is 5.75 Å². The van der Waals surface area contributed by atoms with Gasteiger partial charge in [-0.05, 0) is 36.0 Å². The molecule has 22 heavy (non-hydrogen) atoms. The number of carbonyl (C=O) groups is 1. The third-order valence-corrected chi connectivity index (χ3v) is 4.89. The molecule has 1 aromatic heterocycles. The van der Waals surface area contributed by atoms with E-state index in [0.717, 1.165) is 29.2 Å². The number of fused-ring (bicyclic) bond motifs is 1. The van der Waals surface area contributed by atoms with E-state index in [9.17, 15) is 4.79 Å². The number of benzene rings is 1. The Morgan fingerprint density at radius 3 is 2.95 bits per heavy atom. The van der Waals surface area contributed by atoms with Gasteiger partial charge in [0.25, 0.3) is 5.91 Å². The van der Waals surface area contributed by atoms with E-state index >= 15 is 0 Å². The summed E-state index contributed by atoms with van der Waals surface area (Å²) in [4.78, 5) is 17.6. The van der Waals surface area contributed by atoms with Crippen molar-refractivity contribution in [3.05, 3.63) is 45.4 Å². The lowest BCUT2D eigenvalue weighted by Gasteiger charge is -2.12. The first-order chi connectivity index (χ1) is 10.6. The van der Waals surface area contributed by atoms with Gasteiger partial charge < -0.3 is 10.1 Å². The molecule has 116 valence electrons. The van der Waals surface area contributed by atoms with Gasteiger partial charge in [-0.2, -0.15) is 0 Å². The number of hydrogen-bond donors (Lipinski definition) is 1. The van der Waals surface area contributed by atoms with Gasteiger partial charge in [0.2, 0.25) is 0 Å². The standard InChI is InChI=1S/C17H20N2O2S/c1-10(2)15-16(22-9-18-15)17(20)19-12-7-11-5-4-6-14(21-3)13(11)8-12/h4-6,9-10,12H,7-8H2,1-3H3,(H,19,20)/t12-/m0/s1. The van der Waals surface area contributed by atoms with Crippen LogP contribution in [-0.2, 0) is 12.8 Å². The minimum atomic E-state index is -0.0111. The fourth-order valence-corrected chi connectivity index (χ4v) is 3.85. The molecule has 1 heterocycles. The van der Waals surface area contributed by atoms with Gasteiger partial charge in [-0.3, -0.25) is 4.79 Å². The third-order valence-electron chi connectivity index (χ3n) is 4.05. The Hall–Kier alpha value is -1.88. The number of nitrogens with one attached hydrogen (secondary N) is 1. The predicted molar refractivity (Wildman–Crippen MR) is 87.9 cm³/mol. The van der Waals surface area contributed by atoms with Crippen LogP contribution in [0.3, 0.4) is 0 Å². The van der Waals surface area contributed by atoms with Gasteiger partial charge in [-0.25, -0.2) is 4.98 Å². The molecule has 1 aromatic carbocycles. The van der Waals surface area contributed by atoms with Crippen LogP contribution in [0.5, 0.6) is 5.75 Å². The fourth-order valence-electron chi connectivity index (χ4n) is 3.00. The second kappa shape index (κ2) is 6.08. The Morgan fingerprint density at radius 1 is 1.41 bits per heavy atom.